The average molecular weight is 439 g/mol. The molecule has 0 saturated heterocycles. The van der Waals surface area contributed by atoms with E-state index < -0.39 is 23.1 Å². The Balaban J connectivity index is 2.13. The second-order valence-electron chi connectivity index (χ2n) is 5.85. The van der Waals surface area contributed by atoms with E-state index in [4.69, 9.17) is 0 Å². The van der Waals surface area contributed by atoms with E-state index >= 15 is 0 Å². The summed E-state index contributed by atoms with van der Waals surface area (Å²) < 4.78 is 41.4. The van der Waals surface area contributed by atoms with Gasteiger partial charge in [-0.2, -0.15) is 13.2 Å². The van der Waals surface area contributed by atoms with Crippen molar-refractivity contribution in [2.45, 2.75) is 19.6 Å². The van der Waals surface area contributed by atoms with Gasteiger partial charge in [0.2, 0.25) is 5.43 Å². The lowest BCUT2D eigenvalue weighted by Crippen LogP contribution is -2.24. The summed E-state index contributed by atoms with van der Waals surface area (Å²) in [7, 11) is 0. The number of carbonyl (C=O) groups excluding carboxylic acids is 1. The lowest BCUT2D eigenvalue weighted by Gasteiger charge is -2.14. The first-order chi connectivity index (χ1) is 12.7. The molecular weight excluding hydrogens is 425 g/mol. The second-order valence-corrected chi connectivity index (χ2v) is 6.77. The maximum Gasteiger partial charge on any atom is 0.416 e. The number of nitrogens with zero attached hydrogens (tertiary/aromatic N) is 1. The van der Waals surface area contributed by atoms with Gasteiger partial charge in [0, 0.05) is 28.3 Å². The van der Waals surface area contributed by atoms with Crippen molar-refractivity contribution in [3.8, 4) is 0 Å². The summed E-state index contributed by atoms with van der Waals surface area (Å²) in [5.74, 6) is -0.681. The predicted molar refractivity (Wildman–Crippen MR) is 101 cm³/mol. The molecular formula is C19H14BrF3N2O2. The van der Waals surface area contributed by atoms with Crippen LogP contribution in [0.4, 0.5) is 18.9 Å². The summed E-state index contributed by atoms with van der Waals surface area (Å²) >= 11 is 3.28. The molecule has 1 N–H and O–H groups in total. The van der Waals surface area contributed by atoms with Crippen LogP contribution in [0.15, 0.2) is 57.9 Å². The molecule has 0 fully saturated rings. The predicted octanol–water partition coefficient (Wildman–Crippen LogP) is 5.06. The van der Waals surface area contributed by atoms with E-state index in [0.29, 0.717) is 17.7 Å². The fourth-order valence-corrected chi connectivity index (χ4v) is 3.16. The molecule has 2 aromatic carbocycles. The Kier molecular flexibility index (Phi) is 5.10. The Morgan fingerprint density at radius 1 is 1.19 bits per heavy atom. The Morgan fingerprint density at radius 3 is 2.56 bits per heavy atom. The molecule has 4 nitrogen and oxygen atoms in total. The topological polar surface area (TPSA) is 51.1 Å². The minimum atomic E-state index is -4.58. The van der Waals surface area contributed by atoms with Gasteiger partial charge in [-0.05, 0) is 43.3 Å². The zero-order chi connectivity index (χ0) is 19.8. The van der Waals surface area contributed by atoms with Gasteiger partial charge in [0.25, 0.3) is 5.91 Å². The van der Waals surface area contributed by atoms with Gasteiger partial charge in [0.15, 0.2) is 0 Å². The number of benzene rings is 2. The molecule has 0 atom stereocenters. The van der Waals surface area contributed by atoms with E-state index in [9.17, 15) is 22.8 Å². The third-order valence-electron chi connectivity index (χ3n) is 4.08. The maximum atomic E-state index is 13.0. The molecule has 0 radical (unpaired) electrons. The quantitative estimate of drug-likeness (QED) is 0.621. The number of aryl methyl sites for hydroxylation is 1. The Hall–Kier alpha value is -2.61. The van der Waals surface area contributed by atoms with Gasteiger partial charge in [-0.15, -0.1) is 0 Å². The monoisotopic (exact) mass is 438 g/mol. The second kappa shape index (κ2) is 7.19. The number of fused-ring (bicyclic) bond motifs is 1. The molecule has 3 rings (SSSR count). The van der Waals surface area contributed by atoms with Crippen molar-refractivity contribution in [3.63, 3.8) is 0 Å². The van der Waals surface area contributed by atoms with Gasteiger partial charge in [0.05, 0.1) is 11.1 Å². The zero-order valence-corrected chi connectivity index (χ0v) is 15.7. The molecule has 0 aliphatic heterocycles. The van der Waals surface area contributed by atoms with Crippen LogP contribution in [0.1, 0.15) is 22.8 Å². The molecule has 0 bridgehead atoms. The summed E-state index contributed by atoms with van der Waals surface area (Å²) in [6.45, 7) is 2.16. The third kappa shape index (κ3) is 3.90. The first kappa shape index (κ1) is 19.2. The van der Waals surface area contributed by atoms with Crippen LogP contribution in [-0.4, -0.2) is 10.5 Å². The summed E-state index contributed by atoms with van der Waals surface area (Å²) in [6, 6.07) is 9.74. The van der Waals surface area contributed by atoms with E-state index in [1.54, 1.807) is 35.8 Å². The lowest BCUT2D eigenvalue weighted by atomic mass is 10.1. The van der Waals surface area contributed by atoms with E-state index in [0.717, 1.165) is 16.6 Å². The summed E-state index contributed by atoms with van der Waals surface area (Å²) in [5.41, 5.74) is -1.09. The molecule has 0 unspecified atom stereocenters. The molecule has 1 aromatic heterocycles. The summed E-state index contributed by atoms with van der Waals surface area (Å²) in [6.07, 6.45) is -3.21. The van der Waals surface area contributed by atoms with Crippen molar-refractivity contribution in [3.05, 3.63) is 74.5 Å². The van der Waals surface area contributed by atoms with Crippen LogP contribution in [0.2, 0.25) is 0 Å². The smallest absolute Gasteiger partial charge is 0.347 e. The van der Waals surface area contributed by atoms with Crippen molar-refractivity contribution in [2.24, 2.45) is 0 Å². The fraction of sp³-hybridized carbons (Fsp3) is 0.158. The van der Waals surface area contributed by atoms with Crippen LogP contribution in [0.25, 0.3) is 10.9 Å². The van der Waals surface area contributed by atoms with Crippen LogP contribution in [0, 0.1) is 0 Å². The van der Waals surface area contributed by atoms with Crippen LogP contribution >= 0.6 is 15.9 Å². The van der Waals surface area contributed by atoms with Crippen LogP contribution < -0.4 is 10.7 Å². The molecule has 0 aliphatic carbocycles. The van der Waals surface area contributed by atoms with Gasteiger partial charge < -0.3 is 9.88 Å². The Morgan fingerprint density at radius 2 is 1.93 bits per heavy atom. The molecule has 0 aliphatic rings. The first-order valence-electron chi connectivity index (χ1n) is 8.02. The Labute approximate surface area is 160 Å². The molecule has 27 heavy (non-hydrogen) atoms. The van der Waals surface area contributed by atoms with Crippen molar-refractivity contribution in [2.75, 3.05) is 5.32 Å². The maximum absolute atomic E-state index is 13.0. The van der Waals surface area contributed by atoms with Crippen molar-refractivity contribution in [1.82, 2.24) is 4.57 Å². The number of hydrogen-bond acceptors (Lipinski definition) is 2. The highest BCUT2D eigenvalue weighted by Gasteiger charge is 2.31. The molecule has 0 saturated carbocycles. The van der Waals surface area contributed by atoms with Gasteiger partial charge in [0.1, 0.15) is 5.56 Å². The lowest BCUT2D eigenvalue weighted by molar-refractivity contribution is -0.137. The molecule has 1 heterocycles. The van der Waals surface area contributed by atoms with Crippen LogP contribution in [0.3, 0.4) is 0 Å². The third-order valence-corrected chi connectivity index (χ3v) is 4.57. The van der Waals surface area contributed by atoms with E-state index in [2.05, 4.69) is 21.2 Å². The SMILES string of the molecule is CCn1cc(C(=O)Nc2cccc(Br)c2)c(=O)c2cc(C(F)(F)F)ccc21. The normalized spacial score (nSPS) is 11.6. The molecule has 140 valence electrons. The minimum absolute atomic E-state index is 0.145. The fourth-order valence-electron chi connectivity index (χ4n) is 2.76. The number of rotatable bonds is 3. The molecule has 1 amide bonds. The number of pyridine rings is 1. The molecule has 0 spiro atoms. The summed E-state index contributed by atoms with van der Waals surface area (Å²) in [5, 5.41) is 2.45. The highest BCUT2D eigenvalue weighted by molar-refractivity contribution is 9.10. The minimum Gasteiger partial charge on any atom is -0.347 e. The van der Waals surface area contributed by atoms with Gasteiger partial charge >= 0.3 is 6.18 Å². The number of aromatic nitrogens is 1. The van der Waals surface area contributed by atoms with E-state index in [1.165, 1.54) is 12.3 Å². The van der Waals surface area contributed by atoms with Crippen molar-refractivity contribution in [1.29, 1.82) is 0 Å². The van der Waals surface area contributed by atoms with Gasteiger partial charge in [-0.1, -0.05) is 22.0 Å². The van der Waals surface area contributed by atoms with Crippen LogP contribution in [-0.2, 0) is 12.7 Å². The number of halogens is 4. The van der Waals surface area contributed by atoms with E-state index in [1.807, 2.05) is 0 Å². The standard InChI is InChI=1S/C19H14BrF3N2O2/c1-2-25-10-15(18(27)24-13-5-3-4-12(20)9-13)17(26)14-8-11(19(21,22)23)6-7-16(14)25/h3-10H,2H2,1H3,(H,24,27). The molecule has 3 aromatic rings. The number of alkyl halides is 3. The Bertz CT molecular complexity index is 1090. The number of carbonyl (C=O) groups is 1. The van der Waals surface area contributed by atoms with E-state index in [-0.39, 0.29) is 10.9 Å². The first-order valence-corrected chi connectivity index (χ1v) is 8.81. The van der Waals surface area contributed by atoms with Gasteiger partial charge in [-0.25, -0.2) is 0 Å². The largest absolute Gasteiger partial charge is 0.416 e. The summed E-state index contributed by atoms with van der Waals surface area (Å²) in [4.78, 5) is 25.3. The number of nitrogens with one attached hydrogen (secondary N) is 1. The van der Waals surface area contributed by atoms with Crippen molar-refractivity contribution >= 4 is 38.4 Å². The average Bonchev–Trinajstić information content (AvgIpc) is 2.61. The highest BCUT2D eigenvalue weighted by Crippen LogP contribution is 2.31. The zero-order valence-electron chi connectivity index (χ0n) is 14.1. The number of amides is 1. The molecule has 8 heteroatoms. The van der Waals surface area contributed by atoms with Crippen LogP contribution in [0.5, 0.6) is 0 Å². The van der Waals surface area contributed by atoms with Gasteiger partial charge in [-0.3, -0.25) is 9.59 Å². The number of hydrogen-bond donors (Lipinski definition) is 1. The van der Waals surface area contributed by atoms with Crippen molar-refractivity contribution < 1.29 is 18.0 Å². The highest BCUT2D eigenvalue weighted by atomic mass is 79.9. The number of anilines is 1.